The lowest BCUT2D eigenvalue weighted by molar-refractivity contribution is -0.141. The summed E-state index contributed by atoms with van der Waals surface area (Å²) in [6.45, 7) is 3.58. The second-order valence-corrected chi connectivity index (χ2v) is 5.91. The van der Waals surface area contributed by atoms with E-state index in [1.54, 1.807) is 6.07 Å². The number of hydrogen-bond donors (Lipinski definition) is 1. The van der Waals surface area contributed by atoms with Gasteiger partial charge in [0, 0.05) is 11.8 Å². The largest absolute Gasteiger partial charge is 0.454 e. The first kappa shape index (κ1) is 18.7. The number of carbonyl (C=O) groups is 1. The van der Waals surface area contributed by atoms with Gasteiger partial charge in [-0.15, -0.1) is 0 Å². The SMILES string of the molecule is CCc1cc(CNC(=O)c2ccc(Cn3nc(C(F)(F)F)cc3C)o2)on1. The van der Waals surface area contributed by atoms with Gasteiger partial charge in [0.25, 0.3) is 5.91 Å². The number of rotatable bonds is 6. The van der Waals surface area contributed by atoms with E-state index in [1.807, 2.05) is 6.92 Å². The van der Waals surface area contributed by atoms with Crippen molar-refractivity contribution in [2.24, 2.45) is 0 Å². The molecule has 10 heteroatoms. The third-order valence-corrected chi connectivity index (χ3v) is 3.86. The first-order valence-corrected chi connectivity index (χ1v) is 8.19. The number of halogens is 3. The molecule has 0 radical (unpaired) electrons. The van der Waals surface area contributed by atoms with E-state index in [0.29, 0.717) is 17.2 Å². The lowest BCUT2D eigenvalue weighted by Gasteiger charge is -2.03. The molecule has 0 aliphatic heterocycles. The van der Waals surface area contributed by atoms with Gasteiger partial charge in [-0.2, -0.15) is 18.3 Å². The summed E-state index contributed by atoms with van der Waals surface area (Å²) in [6.07, 6.45) is -3.79. The Bertz CT molecular complexity index is 940. The summed E-state index contributed by atoms with van der Waals surface area (Å²) in [5, 5.41) is 9.98. The molecule has 0 unspecified atom stereocenters. The standard InChI is InChI=1S/C17H17F3N4O3/c1-3-11-7-13(27-23-11)8-21-16(25)14-5-4-12(26-14)9-24-10(2)6-15(22-24)17(18,19)20/h4-7H,3,8-9H2,1-2H3,(H,21,25). The van der Waals surface area contributed by atoms with Crippen molar-refractivity contribution in [2.75, 3.05) is 0 Å². The molecule has 7 nitrogen and oxygen atoms in total. The number of hydrogen-bond acceptors (Lipinski definition) is 5. The molecule has 3 heterocycles. The van der Waals surface area contributed by atoms with Gasteiger partial charge in [0.15, 0.2) is 17.2 Å². The predicted molar refractivity (Wildman–Crippen MR) is 86.8 cm³/mol. The second kappa shape index (κ2) is 7.29. The zero-order valence-corrected chi connectivity index (χ0v) is 14.6. The zero-order chi connectivity index (χ0) is 19.6. The Morgan fingerprint density at radius 1 is 1.26 bits per heavy atom. The minimum atomic E-state index is -4.51. The highest BCUT2D eigenvalue weighted by Gasteiger charge is 2.34. The van der Waals surface area contributed by atoms with Crippen LogP contribution < -0.4 is 5.32 Å². The Kier molecular flexibility index (Phi) is 5.06. The van der Waals surface area contributed by atoms with Crippen molar-refractivity contribution in [3.05, 3.63) is 58.6 Å². The summed E-state index contributed by atoms with van der Waals surface area (Å²) in [5.74, 6) is 0.400. The molecule has 0 saturated carbocycles. The summed E-state index contributed by atoms with van der Waals surface area (Å²) < 4.78 is 49.8. The lowest BCUT2D eigenvalue weighted by Crippen LogP contribution is -2.22. The Morgan fingerprint density at radius 2 is 2.04 bits per heavy atom. The van der Waals surface area contributed by atoms with Crippen molar-refractivity contribution in [1.29, 1.82) is 0 Å². The zero-order valence-electron chi connectivity index (χ0n) is 14.6. The maximum absolute atomic E-state index is 12.7. The maximum Gasteiger partial charge on any atom is 0.435 e. The quantitative estimate of drug-likeness (QED) is 0.707. The number of aryl methyl sites for hydroxylation is 2. The molecule has 0 saturated heterocycles. The van der Waals surface area contributed by atoms with Crippen molar-refractivity contribution >= 4 is 5.91 Å². The summed E-state index contributed by atoms with van der Waals surface area (Å²) >= 11 is 0. The number of carbonyl (C=O) groups excluding carboxylic acids is 1. The minimum absolute atomic E-state index is 0.0167. The van der Waals surface area contributed by atoms with Gasteiger partial charge in [-0.05, 0) is 31.5 Å². The smallest absolute Gasteiger partial charge is 0.435 e. The molecule has 0 atom stereocenters. The van der Waals surface area contributed by atoms with E-state index in [9.17, 15) is 18.0 Å². The Hall–Kier alpha value is -3.04. The molecule has 27 heavy (non-hydrogen) atoms. The average molecular weight is 382 g/mol. The fourth-order valence-electron chi connectivity index (χ4n) is 2.40. The number of nitrogens with zero attached hydrogens (tertiary/aromatic N) is 3. The van der Waals surface area contributed by atoms with Crippen LogP contribution in [0, 0.1) is 6.92 Å². The molecule has 0 bridgehead atoms. The van der Waals surface area contributed by atoms with Crippen LogP contribution in [-0.2, 0) is 25.7 Å². The van der Waals surface area contributed by atoms with Gasteiger partial charge in [0.05, 0.1) is 18.8 Å². The predicted octanol–water partition coefficient (Wildman–Crippen LogP) is 3.33. The fourth-order valence-corrected chi connectivity index (χ4v) is 2.40. The molecule has 0 aromatic carbocycles. The molecular formula is C17H17F3N4O3. The van der Waals surface area contributed by atoms with Crippen molar-refractivity contribution in [3.63, 3.8) is 0 Å². The number of aromatic nitrogens is 3. The molecule has 0 fully saturated rings. The molecule has 0 aliphatic rings. The number of furan rings is 1. The van der Waals surface area contributed by atoms with Crippen LogP contribution in [-0.4, -0.2) is 20.8 Å². The molecule has 3 aromatic heterocycles. The molecule has 144 valence electrons. The molecule has 0 aliphatic carbocycles. The van der Waals surface area contributed by atoms with E-state index in [4.69, 9.17) is 8.94 Å². The summed E-state index contributed by atoms with van der Waals surface area (Å²) in [5.41, 5.74) is 0.150. The van der Waals surface area contributed by atoms with Gasteiger partial charge in [-0.25, -0.2) is 0 Å². The van der Waals surface area contributed by atoms with Gasteiger partial charge in [-0.3, -0.25) is 9.48 Å². The van der Waals surface area contributed by atoms with Gasteiger partial charge in [0.1, 0.15) is 5.76 Å². The topological polar surface area (TPSA) is 86.1 Å². The van der Waals surface area contributed by atoms with Crippen LogP contribution in [0.4, 0.5) is 13.2 Å². The van der Waals surface area contributed by atoms with Crippen LogP contribution in [0.2, 0.25) is 0 Å². The van der Waals surface area contributed by atoms with Crippen molar-refractivity contribution in [1.82, 2.24) is 20.3 Å². The Balaban J connectivity index is 1.62. The molecule has 3 aromatic rings. The molecule has 1 amide bonds. The van der Waals surface area contributed by atoms with Crippen LogP contribution in [0.25, 0.3) is 0 Å². The average Bonchev–Trinajstić information content (AvgIpc) is 3.33. The van der Waals surface area contributed by atoms with E-state index in [1.165, 1.54) is 23.7 Å². The van der Waals surface area contributed by atoms with E-state index < -0.39 is 17.8 Å². The minimum Gasteiger partial charge on any atom is -0.454 e. The molecular weight excluding hydrogens is 365 g/mol. The van der Waals surface area contributed by atoms with Crippen molar-refractivity contribution < 1.29 is 26.9 Å². The number of nitrogens with one attached hydrogen (secondary N) is 1. The number of amides is 1. The molecule has 1 N–H and O–H groups in total. The van der Waals surface area contributed by atoms with E-state index in [2.05, 4.69) is 15.6 Å². The van der Waals surface area contributed by atoms with Crippen LogP contribution in [0.15, 0.2) is 33.2 Å². The summed E-state index contributed by atoms with van der Waals surface area (Å²) in [4.78, 5) is 12.1. The molecule has 0 spiro atoms. The highest BCUT2D eigenvalue weighted by Crippen LogP contribution is 2.28. The normalized spacial score (nSPS) is 11.7. The highest BCUT2D eigenvalue weighted by atomic mass is 19.4. The van der Waals surface area contributed by atoms with Crippen LogP contribution in [0.1, 0.15) is 46.1 Å². The first-order chi connectivity index (χ1) is 12.8. The highest BCUT2D eigenvalue weighted by molar-refractivity contribution is 5.91. The first-order valence-electron chi connectivity index (χ1n) is 8.19. The van der Waals surface area contributed by atoms with E-state index >= 15 is 0 Å². The third kappa shape index (κ3) is 4.39. The van der Waals surface area contributed by atoms with E-state index in [0.717, 1.165) is 18.2 Å². The number of alkyl halides is 3. The second-order valence-electron chi connectivity index (χ2n) is 5.91. The van der Waals surface area contributed by atoms with Gasteiger partial charge >= 0.3 is 6.18 Å². The van der Waals surface area contributed by atoms with Crippen molar-refractivity contribution in [3.8, 4) is 0 Å². The van der Waals surface area contributed by atoms with Crippen LogP contribution in [0.3, 0.4) is 0 Å². The summed E-state index contributed by atoms with van der Waals surface area (Å²) in [7, 11) is 0. The molecule has 3 rings (SSSR count). The third-order valence-electron chi connectivity index (χ3n) is 3.86. The Labute approximate surface area is 152 Å². The van der Waals surface area contributed by atoms with Gasteiger partial charge < -0.3 is 14.3 Å². The lowest BCUT2D eigenvalue weighted by atomic mass is 10.3. The van der Waals surface area contributed by atoms with Gasteiger partial charge in [0.2, 0.25) is 0 Å². The van der Waals surface area contributed by atoms with Crippen LogP contribution >= 0.6 is 0 Å². The maximum atomic E-state index is 12.7. The summed E-state index contributed by atoms with van der Waals surface area (Å²) in [6, 6.07) is 5.67. The van der Waals surface area contributed by atoms with Crippen LogP contribution in [0.5, 0.6) is 0 Å². The Morgan fingerprint density at radius 3 is 2.67 bits per heavy atom. The monoisotopic (exact) mass is 382 g/mol. The van der Waals surface area contributed by atoms with E-state index in [-0.39, 0.29) is 18.8 Å². The fraction of sp³-hybridized carbons (Fsp3) is 0.353. The van der Waals surface area contributed by atoms with Gasteiger partial charge in [-0.1, -0.05) is 12.1 Å². The van der Waals surface area contributed by atoms with Crippen molar-refractivity contribution in [2.45, 2.75) is 39.5 Å².